The highest BCUT2D eigenvalue weighted by atomic mass is 16.6. The van der Waals surface area contributed by atoms with E-state index in [4.69, 9.17) is 9.47 Å². The summed E-state index contributed by atoms with van der Waals surface area (Å²) < 4.78 is 11.4. The van der Waals surface area contributed by atoms with Gasteiger partial charge in [-0.15, -0.1) is 0 Å². The Kier molecular flexibility index (Phi) is 5.14. The molecule has 1 fully saturated rings. The monoisotopic (exact) mass is 399 g/mol. The van der Waals surface area contributed by atoms with Crippen LogP contribution in [0.4, 0.5) is 0 Å². The molecule has 1 saturated carbocycles. The van der Waals surface area contributed by atoms with Gasteiger partial charge in [-0.05, 0) is 47.6 Å². The second-order valence-electron chi connectivity index (χ2n) is 7.98. The van der Waals surface area contributed by atoms with Crippen LogP contribution < -0.4 is 14.8 Å². The third kappa shape index (κ3) is 3.90. The van der Waals surface area contributed by atoms with E-state index in [-0.39, 0.29) is 17.9 Å². The number of fused-ring (bicyclic) bond motifs is 1. The fourth-order valence-corrected chi connectivity index (χ4v) is 4.18. The molecule has 3 aromatic carbocycles. The van der Waals surface area contributed by atoms with E-state index in [1.54, 1.807) is 0 Å². The zero-order valence-electron chi connectivity index (χ0n) is 16.8. The minimum atomic E-state index is -0.342. The molecule has 4 nitrogen and oxygen atoms in total. The topological polar surface area (TPSA) is 47.6 Å². The number of hydrogen-bond acceptors (Lipinski definition) is 3. The van der Waals surface area contributed by atoms with Crippen LogP contribution in [0.5, 0.6) is 11.5 Å². The van der Waals surface area contributed by atoms with Crippen LogP contribution in [0.15, 0.2) is 78.9 Å². The van der Waals surface area contributed by atoms with Crippen LogP contribution in [-0.2, 0) is 4.79 Å². The molecule has 152 valence electrons. The van der Waals surface area contributed by atoms with Gasteiger partial charge in [-0.2, -0.15) is 0 Å². The van der Waals surface area contributed by atoms with E-state index in [2.05, 4.69) is 11.4 Å². The van der Waals surface area contributed by atoms with Crippen molar-refractivity contribution in [1.29, 1.82) is 0 Å². The third-order valence-corrected chi connectivity index (χ3v) is 5.84. The molecule has 0 radical (unpaired) electrons. The van der Waals surface area contributed by atoms with E-state index in [9.17, 15) is 4.79 Å². The summed E-state index contributed by atoms with van der Waals surface area (Å²) in [5.74, 6) is 1.69. The standard InChI is InChI=1S/C26H25NO3/c28-26(24(18-7-3-1-4-8-18)19-9-5-2-6-10-19)27-25(20-11-12-20)21-13-14-22-23(17-21)30-16-15-29-22/h1-10,13-14,17,20,24-25H,11-12,15-16H2,(H,27,28). The maximum Gasteiger partial charge on any atom is 0.232 e. The van der Waals surface area contributed by atoms with Crippen molar-refractivity contribution >= 4 is 5.91 Å². The molecule has 0 spiro atoms. The molecule has 4 heteroatoms. The molecule has 0 aromatic heterocycles. The van der Waals surface area contributed by atoms with E-state index in [1.165, 1.54) is 0 Å². The summed E-state index contributed by atoms with van der Waals surface area (Å²) in [6.07, 6.45) is 2.25. The molecule has 1 aliphatic carbocycles. The van der Waals surface area contributed by atoms with Crippen LogP contribution in [0.3, 0.4) is 0 Å². The van der Waals surface area contributed by atoms with Gasteiger partial charge in [-0.1, -0.05) is 66.7 Å². The maximum absolute atomic E-state index is 13.6. The molecule has 0 bridgehead atoms. The molecule has 1 amide bonds. The van der Waals surface area contributed by atoms with Gasteiger partial charge in [0.2, 0.25) is 5.91 Å². The Morgan fingerprint density at radius 1 is 0.767 bits per heavy atom. The molecule has 3 aromatic rings. The SMILES string of the molecule is O=C(NC(c1ccc2c(c1)OCCO2)C1CC1)C(c1ccccc1)c1ccccc1. The lowest BCUT2D eigenvalue weighted by Gasteiger charge is -2.25. The molecule has 1 unspecified atom stereocenters. The van der Waals surface area contributed by atoms with Crippen molar-refractivity contribution in [3.63, 3.8) is 0 Å². The first-order chi connectivity index (χ1) is 14.8. The fourth-order valence-electron chi connectivity index (χ4n) is 4.18. The van der Waals surface area contributed by atoms with Gasteiger partial charge in [0.25, 0.3) is 0 Å². The molecule has 2 aliphatic rings. The molecule has 1 atom stereocenters. The highest BCUT2D eigenvalue weighted by Crippen LogP contribution is 2.43. The van der Waals surface area contributed by atoms with Gasteiger partial charge in [0, 0.05) is 0 Å². The quantitative estimate of drug-likeness (QED) is 0.644. The van der Waals surface area contributed by atoms with Gasteiger partial charge in [-0.3, -0.25) is 4.79 Å². The number of carbonyl (C=O) groups excluding carboxylic acids is 1. The Morgan fingerprint density at radius 3 is 1.97 bits per heavy atom. The van der Waals surface area contributed by atoms with Crippen LogP contribution in [0, 0.1) is 5.92 Å². The highest BCUT2D eigenvalue weighted by molar-refractivity contribution is 5.87. The van der Waals surface area contributed by atoms with Gasteiger partial charge in [0.1, 0.15) is 13.2 Å². The van der Waals surface area contributed by atoms with Crippen molar-refractivity contribution in [1.82, 2.24) is 5.32 Å². The first-order valence-corrected chi connectivity index (χ1v) is 10.6. The normalized spacial score (nSPS) is 16.2. The molecular formula is C26H25NO3. The smallest absolute Gasteiger partial charge is 0.232 e. The zero-order chi connectivity index (χ0) is 20.3. The minimum absolute atomic E-state index is 0.0248. The summed E-state index contributed by atoms with van der Waals surface area (Å²) in [5, 5.41) is 3.36. The Morgan fingerprint density at radius 2 is 1.37 bits per heavy atom. The molecule has 1 N–H and O–H groups in total. The van der Waals surface area contributed by atoms with Gasteiger partial charge < -0.3 is 14.8 Å². The average molecular weight is 399 g/mol. The Labute approximate surface area is 176 Å². The van der Waals surface area contributed by atoms with Crippen LogP contribution in [0.25, 0.3) is 0 Å². The Balaban J connectivity index is 1.45. The first kappa shape index (κ1) is 18.7. The van der Waals surface area contributed by atoms with Gasteiger partial charge in [0.15, 0.2) is 11.5 Å². The number of hydrogen-bond donors (Lipinski definition) is 1. The summed E-state index contributed by atoms with van der Waals surface area (Å²) in [6.45, 7) is 1.13. The Bertz CT molecular complexity index is 975. The summed E-state index contributed by atoms with van der Waals surface area (Å²) in [6, 6.07) is 26.0. The molecule has 1 heterocycles. The minimum Gasteiger partial charge on any atom is -0.486 e. The zero-order valence-corrected chi connectivity index (χ0v) is 16.8. The van der Waals surface area contributed by atoms with E-state index in [0.29, 0.717) is 19.1 Å². The molecule has 1 aliphatic heterocycles. The van der Waals surface area contributed by atoms with Crippen LogP contribution in [-0.4, -0.2) is 19.1 Å². The van der Waals surface area contributed by atoms with E-state index < -0.39 is 0 Å². The predicted octanol–water partition coefficient (Wildman–Crippen LogP) is 4.86. The fraction of sp³-hybridized carbons (Fsp3) is 0.269. The summed E-state index contributed by atoms with van der Waals surface area (Å²) >= 11 is 0. The number of rotatable bonds is 6. The molecule has 30 heavy (non-hydrogen) atoms. The molecule has 0 saturated heterocycles. The van der Waals surface area contributed by atoms with Gasteiger partial charge in [0.05, 0.1) is 12.0 Å². The average Bonchev–Trinajstić information content (AvgIpc) is 3.64. The van der Waals surface area contributed by atoms with Crippen molar-refractivity contribution in [2.24, 2.45) is 5.92 Å². The highest BCUT2D eigenvalue weighted by Gasteiger charge is 2.36. The second kappa shape index (κ2) is 8.23. The molecule has 5 rings (SSSR count). The number of benzene rings is 3. The molecular weight excluding hydrogens is 374 g/mol. The van der Waals surface area contributed by atoms with E-state index in [0.717, 1.165) is 41.0 Å². The van der Waals surface area contributed by atoms with Crippen LogP contribution >= 0.6 is 0 Å². The van der Waals surface area contributed by atoms with Gasteiger partial charge in [-0.25, -0.2) is 0 Å². The number of ether oxygens (including phenoxy) is 2. The number of nitrogens with one attached hydrogen (secondary N) is 1. The first-order valence-electron chi connectivity index (χ1n) is 10.6. The van der Waals surface area contributed by atoms with Crippen molar-refractivity contribution in [3.05, 3.63) is 95.6 Å². The van der Waals surface area contributed by atoms with Crippen LogP contribution in [0.1, 0.15) is 41.5 Å². The number of amides is 1. The lowest BCUT2D eigenvalue weighted by Crippen LogP contribution is -2.34. The van der Waals surface area contributed by atoms with Crippen molar-refractivity contribution in [3.8, 4) is 11.5 Å². The summed E-state index contributed by atoms with van der Waals surface area (Å²) in [5.41, 5.74) is 3.07. The van der Waals surface area contributed by atoms with E-state index in [1.807, 2.05) is 72.8 Å². The maximum atomic E-state index is 13.6. The summed E-state index contributed by atoms with van der Waals surface area (Å²) in [7, 11) is 0. The third-order valence-electron chi connectivity index (χ3n) is 5.84. The predicted molar refractivity (Wildman–Crippen MR) is 116 cm³/mol. The van der Waals surface area contributed by atoms with Crippen molar-refractivity contribution in [2.75, 3.05) is 13.2 Å². The number of carbonyl (C=O) groups is 1. The van der Waals surface area contributed by atoms with Crippen molar-refractivity contribution < 1.29 is 14.3 Å². The van der Waals surface area contributed by atoms with Gasteiger partial charge >= 0.3 is 0 Å². The lowest BCUT2D eigenvalue weighted by molar-refractivity contribution is -0.122. The largest absolute Gasteiger partial charge is 0.486 e. The lowest BCUT2D eigenvalue weighted by atomic mass is 9.89. The second-order valence-corrected chi connectivity index (χ2v) is 7.98. The van der Waals surface area contributed by atoms with Crippen LogP contribution in [0.2, 0.25) is 0 Å². The Hall–Kier alpha value is -3.27. The van der Waals surface area contributed by atoms with Crippen molar-refractivity contribution in [2.45, 2.75) is 24.8 Å². The van der Waals surface area contributed by atoms with E-state index >= 15 is 0 Å². The summed E-state index contributed by atoms with van der Waals surface area (Å²) in [4.78, 5) is 13.6.